The van der Waals surface area contributed by atoms with Gasteiger partial charge in [-0.15, -0.1) is 21.0 Å². The van der Waals surface area contributed by atoms with E-state index in [1.54, 1.807) is 21.6 Å². The number of hydrogen-bond donors (Lipinski definition) is 0. The molecule has 39 heavy (non-hydrogen) atoms. The van der Waals surface area contributed by atoms with Gasteiger partial charge in [0.15, 0.2) is 0 Å². The predicted molar refractivity (Wildman–Crippen MR) is 178 cm³/mol. The Bertz CT molecular complexity index is 1180. The Balaban J connectivity index is 0. The normalized spacial score (nSPS) is 8.31. The van der Waals surface area contributed by atoms with Gasteiger partial charge in [0.05, 0.1) is 56.7 Å². The van der Waals surface area contributed by atoms with Gasteiger partial charge in [-0.2, -0.15) is 0 Å². The number of benzene rings is 4. The molecule has 0 aliphatic heterocycles. The van der Waals surface area contributed by atoms with Gasteiger partial charge in [-0.25, -0.2) is 0 Å². The summed E-state index contributed by atoms with van der Waals surface area (Å²) >= 11 is 9.96. The molecule has 1 radical (unpaired) electrons. The molecule has 10 heteroatoms. The van der Waals surface area contributed by atoms with Gasteiger partial charge >= 0.3 is 38.7 Å². The van der Waals surface area contributed by atoms with Crippen molar-refractivity contribution in [2.75, 3.05) is 0 Å². The molecular formula is C29H30CuN4PS4+7. The zero-order chi connectivity index (χ0) is 28.5. The van der Waals surface area contributed by atoms with Crippen molar-refractivity contribution in [1.82, 2.24) is 0 Å². The van der Waals surface area contributed by atoms with E-state index in [1.165, 1.54) is 21.5 Å². The van der Waals surface area contributed by atoms with Gasteiger partial charge in [0.25, 0.3) is 0 Å². The van der Waals surface area contributed by atoms with Crippen molar-refractivity contribution in [2.24, 2.45) is 0 Å². The molecule has 4 nitrogen and oxygen atoms in total. The Hall–Kier alpha value is -2.81. The Morgan fingerprint density at radius 3 is 0.872 bits per heavy atom. The molecule has 199 valence electrons. The van der Waals surface area contributed by atoms with Crippen molar-refractivity contribution < 1.29 is 17.1 Å². The van der Waals surface area contributed by atoms with Gasteiger partial charge in [0.1, 0.15) is 23.2 Å². The van der Waals surface area contributed by atoms with Gasteiger partial charge in [-0.3, -0.25) is 0 Å². The first kappa shape index (κ1) is 38.3. The Labute approximate surface area is 264 Å². The van der Waals surface area contributed by atoms with Gasteiger partial charge in [-0.1, -0.05) is 84.9 Å². The van der Waals surface area contributed by atoms with Crippen LogP contribution in [0.3, 0.4) is 0 Å². The maximum Gasteiger partial charge on any atom is 2.00 e. The molecule has 0 bridgehead atoms. The van der Waals surface area contributed by atoms with Crippen LogP contribution in [0, 0.1) is 42.7 Å². The van der Waals surface area contributed by atoms with Crippen molar-refractivity contribution in [3.63, 3.8) is 0 Å². The van der Waals surface area contributed by atoms with Crippen LogP contribution in [0.5, 0.6) is 0 Å². The smallest absolute Gasteiger partial charge is 0.136 e. The zero-order valence-electron chi connectivity index (χ0n) is 20.8. The summed E-state index contributed by atoms with van der Waals surface area (Å²) in [6.07, 6.45) is 1.03. The number of nitrogens with zero attached hydrogens (tertiary/aromatic N) is 4. The third-order valence-corrected chi connectivity index (χ3v) is 9.23. The first-order chi connectivity index (χ1) is 18.6. The fraction of sp³-hybridized carbons (Fsp3) is 0.0345. The van der Waals surface area contributed by atoms with E-state index in [0.29, 0.717) is 0 Å². The molecule has 0 saturated carbocycles. The first-order valence-electron chi connectivity index (χ1n) is 10.9. The molecule has 0 aliphatic carbocycles. The average Bonchev–Trinajstić information content (AvgIpc) is 2.96. The fourth-order valence-corrected chi connectivity index (χ4v) is 7.87. The summed E-state index contributed by atoms with van der Waals surface area (Å²) in [5.74, 6) is 0. The maximum absolute atomic E-state index is 7.23. The summed E-state index contributed by atoms with van der Waals surface area (Å²) in [6.45, 7) is 0. The van der Waals surface area contributed by atoms with Crippen molar-refractivity contribution in [2.45, 2.75) is 6.16 Å². The van der Waals surface area contributed by atoms with E-state index in [1.807, 2.05) is 0 Å². The van der Waals surface area contributed by atoms with Crippen LogP contribution in [0.15, 0.2) is 121 Å². The second-order valence-electron chi connectivity index (χ2n) is 6.91. The molecule has 0 saturated heterocycles. The molecule has 4 aromatic rings. The van der Waals surface area contributed by atoms with Crippen LogP contribution in [0.4, 0.5) is 0 Å². The van der Waals surface area contributed by atoms with E-state index < -0.39 is 7.26 Å². The molecule has 0 heterocycles. The van der Waals surface area contributed by atoms with Crippen LogP contribution >= 0.6 is 7.26 Å². The summed E-state index contributed by atoms with van der Waals surface area (Å²) in [5, 5.41) is 39.4. The van der Waals surface area contributed by atoms with Gasteiger partial charge < -0.3 is 0 Å². The van der Waals surface area contributed by atoms with Gasteiger partial charge in [0, 0.05) is 0 Å². The molecule has 0 N–H and O–H groups in total. The van der Waals surface area contributed by atoms with Crippen LogP contribution in [-0.2, 0) is 73.7 Å². The third-order valence-electron chi connectivity index (χ3n) is 4.85. The molecule has 0 unspecified atom stereocenters. The molecule has 4 rings (SSSR count). The number of thiocyanates is 4. The largest absolute Gasteiger partial charge is 2.00 e. The topological polar surface area (TPSA) is 95.2 Å². The minimum atomic E-state index is -1.78. The molecule has 0 aromatic heterocycles. The monoisotopic (exact) mass is 656 g/mol. The second kappa shape index (κ2) is 25.5. The van der Waals surface area contributed by atoms with Crippen LogP contribution < -0.4 is 15.9 Å². The molecule has 0 amide bonds. The molecular weight excluding hydrogens is 627 g/mol. The summed E-state index contributed by atoms with van der Waals surface area (Å²) in [5.41, 5.74) is 1.39. The second-order valence-corrected chi connectivity index (χ2v) is 11.3. The van der Waals surface area contributed by atoms with E-state index in [0.717, 1.165) is 6.16 Å². The van der Waals surface area contributed by atoms with E-state index >= 15 is 0 Å². The number of hydrogen-bond acceptors (Lipinski definition) is 4. The summed E-state index contributed by atoms with van der Waals surface area (Å²) in [6, 6.07) is 44.0. The summed E-state index contributed by atoms with van der Waals surface area (Å²) < 4.78 is 0. The molecule has 0 atom stereocenters. The maximum atomic E-state index is 7.23. The van der Waals surface area contributed by atoms with E-state index in [-0.39, 0.29) is 17.1 Å². The van der Waals surface area contributed by atoms with E-state index in [2.05, 4.69) is 172 Å². The first-order valence-corrected chi connectivity index (χ1v) is 14.9. The van der Waals surface area contributed by atoms with Crippen molar-refractivity contribution in [3.05, 3.63) is 127 Å². The van der Waals surface area contributed by atoms with Crippen molar-refractivity contribution in [3.8, 4) is 21.6 Å². The summed E-state index contributed by atoms with van der Waals surface area (Å²) in [4.78, 5) is 0. The Morgan fingerprint density at radius 2 is 0.641 bits per heavy atom. The standard InChI is InChI=1S/C25H22P.4CHNS.Cu/c1-5-13-22(14-6-1)21-26(23-15-7-2-8-16-23,24-17-9-3-10-18-24)25-19-11-4-12-20-25;4*2-1-3;/h1-20H,21H2;4*3H;/q+1;;;;;+2/p+4. The van der Waals surface area contributed by atoms with Crippen LogP contribution in [-0.4, -0.2) is 0 Å². The fourth-order valence-electron chi connectivity index (χ4n) is 3.63. The quantitative estimate of drug-likeness (QED) is 0.143. The zero-order valence-corrected chi connectivity index (χ0v) is 26.6. The average molecular weight is 657 g/mol. The summed E-state index contributed by atoms with van der Waals surface area (Å²) in [7, 11) is -1.78. The molecule has 0 fully saturated rings. The third kappa shape index (κ3) is 14.2. The predicted octanol–water partition coefficient (Wildman–Crippen LogP) is 3.09. The minimum absolute atomic E-state index is 0. The van der Waals surface area contributed by atoms with Crippen LogP contribution in [0.25, 0.3) is 0 Å². The molecule has 4 aromatic carbocycles. The van der Waals surface area contributed by atoms with E-state index in [9.17, 15) is 0 Å². The molecule has 0 spiro atoms. The number of rotatable bonds is 5. The Morgan fingerprint density at radius 1 is 0.436 bits per heavy atom. The SMILES string of the molecule is N#C[SH2+].N#C[SH2+].N#C[SH2+].N#C[SH2+].[Cu+2].c1ccc(C[P+](c2ccccc2)(c2ccccc2)c2ccccc2)cc1. The van der Waals surface area contributed by atoms with Gasteiger partial charge in [0.2, 0.25) is 0 Å². The van der Waals surface area contributed by atoms with E-state index in [4.69, 9.17) is 21.0 Å². The molecule has 0 aliphatic rings. The Kier molecular flexibility index (Phi) is 25.0. The van der Waals surface area contributed by atoms with Crippen LogP contribution in [0.2, 0.25) is 0 Å². The van der Waals surface area contributed by atoms with Gasteiger partial charge in [-0.05, 0) is 42.0 Å². The minimum Gasteiger partial charge on any atom is -0.136 e. The number of nitriles is 4. The van der Waals surface area contributed by atoms with Crippen LogP contribution in [0.1, 0.15) is 5.56 Å². The van der Waals surface area contributed by atoms with Crippen molar-refractivity contribution >= 4 is 73.7 Å². The van der Waals surface area contributed by atoms with Crippen molar-refractivity contribution in [1.29, 1.82) is 21.0 Å².